The summed E-state index contributed by atoms with van der Waals surface area (Å²) in [7, 11) is 0. The van der Waals surface area contributed by atoms with Crippen LogP contribution in [-0.4, -0.2) is 11.7 Å². The van der Waals surface area contributed by atoms with Gasteiger partial charge in [0.15, 0.2) is 0 Å². The zero-order valence-corrected chi connectivity index (χ0v) is 5.66. The summed E-state index contributed by atoms with van der Waals surface area (Å²) in [5.41, 5.74) is 0.640. The number of rotatable bonds is 2. The molecule has 0 rings (SSSR count). The average molecular weight is 131 g/mol. The van der Waals surface area contributed by atoms with E-state index < -0.39 is 0 Å². The van der Waals surface area contributed by atoms with Crippen molar-refractivity contribution in [2.75, 3.05) is 5.75 Å². The summed E-state index contributed by atoms with van der Waals surface area (Å²) < 4.78 is 0. The number of thiol groups is 1. The number of nitrogens with one attached hydrogen (secondary N) is 1. The molecule has 0 aliphatic carbocycles. The fraction of sp³-hybridized carbons (Fsp3) is 0.400. The molecule has 0 unspecified atom stereocenters. The van der Waals surface area contributed by atoms with Gasteiger partial charge in [-0.3, -0.25) is 4.79 Å². The minimum Gasteiger partial charge on any atom is -0.330 e. The number of hydrogen-bond donors (Lipinski definition) is 2. The van der Waals surface area contributed by atoms with Crippen LogP contribution in [0, 0.1) is 0 Å². The van der Waals surface area contributed by atoms with E-state index in [1.165, 1.54) is 6.92 Å². The molecule has 46 valence electrons. The highest BCUT2D eigenvalue weighted by Crippen LogP contribution is 1.85. The van der Waals surface area contributed by atoms with E-state index >= 15 is 0 Å². The van der Waals surface area contributed by atoms with Crippen molar-refractivity contribution in [1.82, 2.24) is 5.32 Å². The number of hydrogen-bond acceptors (Lipinski definition) is 2. The van der Waals surface area contributed by atoms with E-state index in [0.717, 1.165) is 0 Å². The van der Waals surface area contributed by atoms with Crippen molar-refractivity contribution in [3.05, 3.63) is 12.3 Å². The van der Waals surface area contributed by atoms with Crippen LogP contribution >= 0.6 is 12.6 Å². The maximum atomic E-state index is 10.2. The van der Waals surface area contributed by atoms with Gasteiger partial charge in [-0.1, -0.05) is 6.58 Å². The van der Waals surface area contributed by atoms with Crippen LogP contribution in [0.5, 0.6) is 0 Å². The van der Waals surface area contributed by atoms with E-state index in [4.69, 9.17) is 0 Å². The Labute approximate surface area is 54.4 Å². The normalized spacial score (nSPS) is 8.25. The molecule has 3 heteroatoms. The minimum absolute atomic E-state index is 0.0935. The zero-order valence-electron chi connectivity index (χ0n) is 4.77. The van der Waals surface area contributed by atoms with Crippen molar-refractivity contribution in [2.24, 2.45) is 0 Å². The van der Waals surface area contributed by atoms with E-state index in [2.05, 4.69) is 24.5 Å². The Morgan fingerprint density at radius 2 is 2.38 bits per heavy atom. The number of carbonyl (C=O) groups excluding carboxylic acids is 1. The van der Waals surface area contributed by atoms with Crippen molar-refractivity contribution in [2.45, 2.75) is 6.92 Å². The molecule has 2 nitrogen and oxygen atoms in total. The quantitative estimate of drug-likeness (QED) is 0.527. The molecule has 0 aromatic heterocycles. The van der Waals surface area contributed by atoms with Gasteiger partial charge in [-0.05, 0) is 0 Å². The zero-order chi connectivity index (χ0) is 6.57. The standard InChI is InChI=1S/C5H9NOS/c1-4(3-8)6-5(2)7/h8H,1,3H2,2H3,(H,6,7). The van der Waals surface area contributed by atoms with Crippen LogP contribution in [0.3, 0.4) is 0 Å². The van der Waals surface area contributed by atoms with E-state index in [1.807, 2.05) is 0 Å². The maximum Gasteiger partial charge on any atom is 0.221 e. The van der Waals surface area contributed by atoms with Gasteiger partial charge in [0, 0.05) is 18.4 Å². The second-order valence-electron chi connectivity index (χ2n) is 1.44. The molecule has 0 bridgehead atoms. The van der Waals surface area contributed by atoms with Gasteiger partial charge in [-0.2, -0.15) is 12.6 Å². The van der Waals surface area contributed by atoms with Gasteiger partial charge >= 0.3 is 0 Å². The van der Waals surface area contributed by atoms with Gasteiger partial charge in [-0.15, -0.1) is 0 Å². The summed E-state index contributed by atoms with van der Waals surface area (Å²) in [4.78, 5) is 10.2. The summed E-state index contributed by atoms with van der Waals surface area (Å²) in [6.07, 6.45) is 0. The molecule has 0 radical (unpaired) electrons. The Hall–Kier alpha value is -0.440. The SMILES string of the molecule is C=C(CS)NC(C)=O. The summed E-state index contributed by atoms with van der Waals surface area (Å²) in [6.45, 7) is 4.94. The van der Waals surface area contributed by atoms with Crippen LogP contribution in [0.2, 0.25) is 0 Å². The van der Waals surface area contributed by atoms with E-state index in [-0.39, 0.29) is 5.91 Å². The first-order chi connectivity index (χ1) is 3.66. The predicted octanol–water partition coefficient (Wildman–Crippen LogP) is 0.566. The van der Waals surface area contributed by atoms with Gasteiger partial charge in [0.05, 0.1) is 0 Å². The lowest BCUT2D eigenvalue weighted by atomic mass is 10.5. The van der Waals surface area contributed by atoms with Crippen LogP contribution in [0.4, 0.5) is 0 Å². The highest BCUT2D eigenvalue weighted by atomic mass is 32.1. The Bertz CT molecular complexity index is 111. The highest BCUT2D eigenvalue weighted by molar-refractivity contribution is 7.80. The van der Waals surface area contributed by atoms with E-state index in [1.54, 1.807) is 0 Å². The second-order valence-corrected chi connectivity index (χ2v) is 1.76. The van der Waals surface area contributed by atoms with Gasteiger partial charge in [-0.25, -0.2) is 0 Å². The maximum absolute atomic E-state index is 10.2. The molecule has 0 fully saturated rings. The highest BCUT2D eigenvalue weighted by Gasteiger charge is 1.90. The molecular formula is C5H9NOS. The molecule has 0 heterocycles. The Morgan fingerprint density at radius 1 is 1.88 bits per heavy atom. The molecule has 1 N–H and O–H groups in total. The number of amides is 1. The van der Waals surface area contributed by atoms with Crippen molar-refractivity contribution >= 4 is 18.5 Å². The third-order valence-corrected chi connectivity index (χ3v) is 0.925. The van der Waals surface area contributed by atoms with Crippen molar-refractivity contribution in [3.63, 3.8) is 0 Å². The van der Waals surface area contributed by atoms with Crippen molar-refractivity contribution < 1.29 is 4.79 Å². The lowest BCUT2D eigenvalue weighted by molar-refractivity contribution is -0.118. The first-order valence-corrected chi connectivity index (χ1v) is 2.86. The van der Waals surface area contributed by atoms with Crippen LogP contribution in [0.1, 0.15) is 6.92 Å². The van der Waals surface area contributed by atoms with Crippen LogP contribution < -0.4 is 5.32 Å². The first-order valence-electron chi connectivity index (χ1n) is 2.23. The molecule has 0 aromatic rings. The lowest BCUT2D eigenvalue weighted by Gasteiger charge is -1.98. The molecule has 0 saturated heterocycles. The Kier molecular flexibility index (Phi) is 3.35. The third kappa shape index (κ3) is 3.74. The first kappa shape index (κ1) is 7.56. The van der Waals surface area contributed by atoms with E-state index in [9.17, 15) is 4.79 Å². The Balaban J connectivity index is 3.40. The van der Waals surface area contributed by atoms with E-state index in [0.29, 0.717) is 11.4 Å². The predicted molar refractivity (Wildman–Crippen MR) is 36.8 cm³/mol. The van der Waals surface area contributed by atoms with Crippen LogP contribution in [-0.2, 0) is 4.79 Å². The van der Waals surface area contributed by atoms with Gasteiger partial charge in [0.25, 0.3) is 0 Å². The molecule has 0 aliphatic rings. The molecule has 0 aliphatic heterocycles. The molecule has 1 amide bonds. The smallest absolute Gasteiger partial charge is 0.221 e. The molecular weight excluding hydrogens is 122 g/mol. The largest absolute Gasteiger partial charge is 0.330 e. The van der Waals surface area contributed by atoms with Crippen molar-refractivity contribution in [3.8, 4) is 0 Å². The molecule has 0 spiro atoms. The molecule has 0 aromatic carbocycles. The van der Waals surface area contributed by atoms with Gasteiger partial charge in [0.1, 0.15) is 0 Å². The summed E-state index contributed by atoms with van der Waals surface area (Å²) in [5.74, 6) is 0.406. The topological polar surface area (TPSA) is 29.1 Å². The molecule has 8 heavy (non-hydrogen) atoms. The summed E-state index contributed by atoms with van der Waals surface area (Å²) in [6, 6.07) is 0. The molecule has 0 saturated carbocycles. The number of carbonyl (C=O) groups is 1. The fourth-order valence-corrected chi connectivity index (χ4v) is 0.368. The van der Waals surface area contributed by atoms with Crippen molar-refractivity contribution in [1.29, 1.82) is 0 Å². The third-order valence-electron chi connectivity index (χ3n) is 0.544. The summed E-state index contributed by atoms with van der Waals surface area (Å²) >= 11 is 3.88. The lowest BCUT2D eigenvalue weighted by Crippen LogP contribution is -2.18. The monoisotopic (exact) mass is 131 g/mol. The van der Waals surface area contributed by atoms with Crippen LogP contribution in [0.25, 0.3) is 0 Å². The average Bonchev–Trinajstić information content (AvgIpc) is 1.65. The van der Waals surface area contributed by atoms with Crippen LogP contribution in [0.15, 0.2) is 12.3 Å². The second kappa shape index (κ2) is 3.55. The Morgan fingerprint density at radius 3 is 2.50 bits per heavy atom. The van der Waals surface area contributed by atoms with Gasteiger partial charge < -0.3 is 5.32 Å². The van der Waals surface area contributed by atoms with Gasteiger partial charge in [0.2, 0.25) is 5.91 Å². The molecule has 0 atom stereocenters. The fourth-order valence-electron chi connectivity index (χ4n) is 0.288. The minimum atomic E-state index is -0.0935. The summed E-state index contributed by atoms with van der Waals surface area (Å²) in [5, 5.41) is 2.48.